The van der Waals surface area contributed by atoms with E-state index in [0.29, 0.717) is 5.76 Å². The topological polar surface area (TPSA) is 88.4 Å². The Morgan fingerprint density at radius 1 is 1.35 bits per heavy atom. The highest BCUT2D eigenvalue weighted by molar-refractivity contribution is 7.89. The van der Waals surface area contributed by atoms with E-state index in [4.69, 9.17) is 4.42 Å². The van der Waals surface area contributed by atoms with E-state index >= 15 is 0 Å². The van der Waals surface area contributed by atoms with Gasteiger partial charge < -0.3 is 9.73 Å². The van der Waals surface area contributed by atoms with Gasteiger partial charge in [0.1, 0.15) is 5.76 Å². The van der Waals surface area contributed by atoms with Crippen molar-refractivity contribution in [3.8, 4) is 0 Å². The molecule has 0 aliphatic carbocycles. The molecule has 2 N–H and O–H groups in total. The summed E-state index contributed by atoms with van der Waals surface area (Å²) in [5.74, 6) is 0.277. The molecule has 0 fully saturated rings. The largest absolute Gasteiger partial charge is 0.468 e. The molecule has 0 spiro atoms. The monoisotopic (exact) mass is 302 g/mol. The van der Waals surface area contributed by atoms with E-state index in [2.05, 4.69) is 10.0 Å². The normalized spacial score (nSPS) is 11.8. The van der Waals surface area contributed by atoms with Crippen LogP contribution in [0.25, 0.3) is 0 Å². The van der Waals surface area contributed by atoms with Crippen LogP contribution in [-0.2, 0) is 21.4 Å². The van der Waals surface area contributed by atoms with Gasteiger partial charge in [-0.25, -0.2) is 13.1 Å². The second kappa shape index (κ2) is 8.06. The van der Waals surface area contributed by atoms with Gasteiger partial charge >= 0.3 is 0 Å². The minimum absolute atomic E-state index is 0.0474. The summed E-state index contributed by atoms with van der Waals surface area (Å²) in [6.45, 7) is 4.11. The van der Waals surface area contributed by atoms with Gasteiger partial charge in [0.05, 0.1) is 18.6 Å². The first kappa shape index (κ1) is 16.7. The summed E-state index contributed by atoms with van der Waals surface area (Å²) < 4.78 is 30.9. The Kier molecular flexibility index (Phi) is 6.74. The highest BCUT2D eigenvalue weighted by Gasteiger charge is 2.15. The third-order valence-electron chi connectivity index (χ3n) is 3.07. The molecule has 1 amide bonds. The molecule has 0 saturated carbocycles. The summed E-state index contributed by atoms with van der Waals surface area (Å²) in [4.78, 5) is 11.7. The van der Waals surface area contributed by atoms with Gasteiger partial charge in [-0.15, -0.1) is 0 Å². The summed E-state index contributed by atoms with van der Waals surface area (Å²) >= 11 is 0. The van der Waals surface area contributed by atoms with Gasteiger partial charge in [-0.3, -0.25) is 4.79 Å². The molecule has 0 saturated heterocycles. The lowest BCUT2D eigenvalue weighted by Gasteiger charge is -2.12. The van der Waals surface area contributed by atoms with Crippen molar-refractivity contribution in [1.29, 1.82) is 0 Å². The maximum Gasteiger partial charge on any atom is 0.223 e. The lowest BCUT2D eigenvalue weighted by Crippen LogP contribution is -2.36. The van der Waals surface area contributed by atoms with E-state index in [-0.39, 0.29) is 30.7 Å². The summed E-state index contributed by atoms with van der Waals surface area (Å²) in [7, 11) is -3.42. The molecule has 0 unspecified atom stereocenters. The first-order valence-corrected chi connectivity index (χ1v) is 8.41. The number of hydrogen-bond donors (Lipinski definition) is 2. The van der Waals surface area contributed by atoms with Gasteiger partial charge in [0.2, 0.25) is 15.9 Å². The van der Waals surface area contributed by atoms with Crippen molar-refractivity contribution in [2.75, 3.05) is 12.3 Å². The molecule has 0 radical (unpaired) electrons. The molecule has 0 aliphatic rings. The van der Waals surface area contributed by atoms with Crippen molar-refractivity contribution >= 4 is 15.9 Å². The number of carbonyl (C=O) groups excluding carboxylic acids is 1. The van der Waals surface area contributed by atoms with Crippen molar-refractivity contribution in [2.45, 2.75) is 33.2 Å². The van der Waals surface area contributed by atoms with Crippen LogP contribution in [0.4, 0.5) is 0 Å². The number of furan rings is 1. The lowest BCUT2D eigenvalue weighted by atomic mass is 10.0. The van der Waals surface area contributed by atoms with Gasteiger partial charge in [-0.05, 0) is 25.0 Å². The summed E-state index contributed by atoms with van der Waals surface area (Å²) in [6, 6.07) is 3.39. The molecular weight excluding hydrogens is 280 g/mol. The quantitative estimate of drug-likeness (QED) is 0.718. The molecular formula is C13H22N2O4S. The average molecular weight is 302 g/mol. The van der Waals surface area contributed by atoms with Gasteiger partial charge in [0.25, 0.3) is 0 Å². The Balaban J connectivity index is 2.31. The van der Waals surface area contributed by atoms with Crippen LogP contribution in [0, 0.1) is 5.92 Å². The third-order valence-corrected chi connectivity index (χ3v) is 4.40. The molecule has 0 aromatic carbocycles. The van der Waals surface area contributed by atoms with Crippen LogP contribution in [0.3, 0.4) is 0 Å². The summed E-state index contributed by atoms with van der Waals surface area (Å²) in [6.07, 6.45) is 3.00. The summed E-state index contributed by atoms with van der Waals surface area (Å²) in [5, 5.41) is 2.65. The molecule has 0 atom stereocenters. The number of carbonyl (C=O) groups is 1. The Bertz CT molecular complexity index is 492. The Hall–Kier alpha value is -1.34. The fraction of sp³-hybridized carbons (Fsp3) is 0.615. The van der Waals surface area contributed by atoms with Crippen LogP contribution >= 0.6 is 0 Å². The average Bonchev–Trinajstić information content (AvgIpc) is 2.91. The van der Waals surface area contributed by atoms with Crippen LogP contribution < -0.4 is 10.0 Å². The highest BCUT2D eigenvalue weighted by Crippen LogP contribution is 2.06. The minimum Gasteiger partial charge on any atom is -0.468 e. The first-order chi connectivity index (χ1) is 9.48. The molecule has 114 valence electrons. The SMILES string of the molecule is CCC(CC)C(=O)NCCS(=O)(=O)NCc1ccco1. The van der Waals surface area contributed by atoms with Crippen molar-refractivity contribution in [3.63, 3.8) is 0 Å². The zero-order valence-electron chi connectivity index (χ0n) is 11.9. The highest BCUT2D eigenvalue weighted by atomic mass is 32.2. The predicted molar refractivity (Wildman–Crippen MR) is 76.4 cm³/mol. The molecule has 0 bridgehead atoms. The Labute approximate surface area is 120 Å². The van der Waals surface area contributed by atoms with Crippen LogP contribution in [0.5, 0.6) is 0 Å². The van der Waals surface area contributed by atoms with Gasteiger partial charge in [0.15, 0.2) is 0 Å². The van der Waals surface area contributed by atoms with E-state index in [1.807, 2.05) is 13.8 Å². The molecule has 1 heterocycles. The fourth-order valence-electron chi connectivity index (χ4n) is 1.78. The van der Waals surface area contributed by atoms with Crippen LogP contribution in [-0.4, -0.2) is 26.6 Å². The molecule has 1 rings (SSSR count). The number of amides is 1. The molecule has 6 nitrogen and oxygen atoms in total. The zero-order chi connectivity index (χ0) is 15.0. The number of sulfonamides is 1. The minimum atomic E-state index is -3.42. The molecule has 1 aromatic heterocycles. The standard InChI is InChI=1S/C13H22N2O4S/c1-3-11(4-2)13(16)14-7-9-20(17,18)15-10-12-6-5-8-19-12/h5-6,8,11,15H,3-4,7,9-10H2,1-2H3,(H,14,16). The Morgan fingerprint density at radius 3 is 2.60 bits per heavy atom. The lowest BCUT2D eigenvalue weighted by molar-refractivity contribution is -0.125. The van der Waals surface area contributed by atoms with Crippen LogP contribution in [0.15, 0.2) is 22.8 Å². The van der Waals surface area contributed by atoms with Gasteiger partial charge in [-0.2, -0.15) is 0 Å². The molecule has 7 heteroatoms. The molecule has 20 heavy (non-hydrogen) atoms. The maximum absolute atomic E-state index is 11.7. The second-order valence-corrected chi connectivity index (χ2v) is 6.45. The van der Waals surface area contributed by atoms with E-state index in [1.54, 1.807) is 12.1 Å². The van der Waals surface area contributed by atoms with E-state index in [9.17, 15) is 13.2 Å². The number of nitrogens with one attached hydrogen (secondary N) is 2. The third kappa shape index (κ3) is 5.75. The predicted octanol–water partition coefficient (Wildman–Crippen LogP) is 1.25. The second-order valence-electron chi connectivity index (χ2n) is 4.52. The molecule has 1 aromatic rings. The molecule has 0 aliphatic heterocycles. The van der Waals surface area contributed by atoms with Gasteiger partial charge in [0, 0.05) is 12.5 Å². The van der Waals surface area contributed by atoms with E-state index in [0.717, 1.165) is 12.8 Å². The maximum atomic E-state index is 11.7. The Morgan fingerprint density at radius 2 is 2.05 bits per heavy atom. The van der Waals surface area contributed by atoms with Crippen LogP contribution in [0.2, 0.25) is 0 Å². The van der Waals surface area contributed by atoms with Gasteiger partial charge in [-0.1, -0.05) is 13.8 Å². The first-order valence-electron chi connectivity index (χ1n) is 6.76. The van der Waals surface area contributed by atoms with Crippen molar-refractivity contribution in [3.05, 3.63) is 24.2 Å². The number of hydrogen-bond acceptors (Lipinski definition) is 4. The van der Waals surface area contributed by atoms with E-state index < -0.39 is 10.0 Å². The van der Waals surface area contributed by atoms with Crippen LogP contribution in [0.1, 0.15) is 32.4 Å². The smallest absolute Gasteiger partial charge is 0.223 e. The zero-order valence-corrected chi connectivity index (χ0v) is 12.7. The fourth-order valence-corrected chi connectivity index (χ4v) is 2.66. The van der Waals surface area contributed by atoms with Crippen molar-refractivity contribution in [1.82, 2.24) is 10.0 Å². The van der Waals surface area contributed by atoms with Crippen molar-refractivity contribution in [2.24, 2.45) is 5.92 Å². The number of rotatable bonds is 9. The van der Waals surface area contributed by atoms with Crippen molar-refractivity contribution < 1.29 is 17.6 Å². The summed E-state index contributed by atoms with van der Waals surface area (Å²) in [5.41, 5.74) is 0. The van der Waals surface area contributed by atoms with E-state index in [1.165, 1.54) is 6.26 Å².